The second-order valence-electron chi connectivity index (χ2n) is 8.36. The number of amides is 2. The molecule has 2 aliphatic heterocycles. The predicted octanol–water partition coefficient (Wildman–Crippen LogP) is 0.351. The Morgan fingerprint density at radius 1 is 0.724 bits per heavy atom. The van der Waals surface area contributed by atoms with Crippen molar-refractivity contribution in [3.63, 3.8) is 0 Å². The average Bonchev–Trinajstić information content (AvgIpc) is 2.86. The molecule has 0 aromatic rings. The fourth-order valence-electron chi connectivity index (χ4n) is 3.29. The van der Waals surface area contributed by atoms with E-state index in [1.807, 2.05) is 0 Å². The molecule has 9 heteroatoms. The van der Waals surface area contributed by atoms with Crippen LogP contribution in [0.25, 0.3) is 0 Å². The van der Waals surface area contributed by atoms with E-state index >= 15 is 0 Å². The summed E-state index contributed by atoms with van der Waals surface area (Å²) < 4.78 is 0. The summed E-state index contributed by atoms with van der Waals surface area (Å²) in [5.41, 5.74) is -0.311. The molecule has 2 aliphatic rings. The molecule has 0 unspecified atom stereocenters. The fraction of sp³-hybridized carbons (Fsp3) is 0.600. The van der Waals surface area contributed by atoms with Crippen LogP contribution in [-0.2, 0) is 36.2 Å². The van der Waals surface area contributed by atoms with Crippen LogP contribution in [0.4, 0.5) is 0 Å². The zero-order valence-corrected chi connectivity index (χ0v) is 19.2. The first-order valence-electron chi connectivity index (χ1n) is 9.31. The first kappa shape index (κ1) is 24.9. The van der Waals surface area contributed by atoms with Gasteiger partial charge >= 0.3 is 0 Å². The zero-order valence-electron chi connectivity index (χ0n) is 18.2. The van der Waals surface area contributed by atoms with Crippen molar-refractivity contribution in [3.8, 4) is 0 Å². The van der Waals surface area contributed by atoms with Crippen molar-refractivity contribution in [2.45, 2.75) is 52.6 Å². The van der Waals surface area contributed by atoms with Crippen LogP contribution in [0.1, 0.15) is 41.5 Å². The number of carbonyl (C=O) groups is 4. The number of nitrogens with zero attached hydrogens (tertiary/aromatic N) is 2. The van der Waals surface area contributed by atoms with Gasteiger partial charge in [-0.25, -0.2) is 0 Å². The van der Waals surface area contributed by atoms with Gasteiger partial charge in [-0.15, -0.1) is 0 Å². The summed E-state index contributed by atoms with van der Waals surface area (Å²) in [6, 6.07) is 0. The van der Waals surface area contributed by atoms with Crippen LogP contribution in [0.3, 0.4) is 0 Å². The van der Waals surface area contributed by atoms with Crippen LogP contribution in [0, 0.1) is 0 Å². The SMILES string of the molecule is C/C(NCCN/C(C)=C1\C(=O)N(C)C(C)(C)C1=O)=C1/C(=O)N(C)C(C)(C)C1=O.[Cu]. The Kier molecular flexibility index (Phi) is 7.15. The normalized spacial score (nSPS) is 24.0. The van der Waals surface area contributed by atoms with Gasteiger partial charge in [0, 0.05) is 55.6 Å². The first-order valence-corrected chi connectivity index (χ1v) is 9.31. The predicted molar refractivity (Wildman–Crippen MR) is 105 cm³/mol. The maximum absolute atomic E-state index is 12.5. The Morgan fingerprint density at radius 3 is 1.21 bits per heavy atom. The van der Waals surface area contributed by atoms with Gasteiger partial charge in [-0.2, -0.15) is 0 Å². The van der Waals surface area contributed by atoms with Crippen molar-refractivity contribution < 1.29 is 36.2 Å². The van der Waals surface area contributed by atoms with E-state index in [9.17, 15) is 19.2 Å². The molecule has 2 saturated heterocycles. The minimum atomic E-state index is -0.851. The molecule has 0 atom stereocenters. The molecule has 2 heterocycles. The monoisotopic (exact) mass is 453 g/mol. The molecule has 165 valence electrons. The Balaban J connectivity index is 0.00000420. The van der Waals surface area contributed by atoms with Crippen LogP contribution in [0.5, 0.6) is 0 Å². The number of hydrogen-bond acceptors (Lipinski definition) is 6. The Morgan fingerprint density at radius 2 is 1.00 bits per heavy atom. The second-order valence-corrected chi connectivity index (χ2v) is 8.36. The summed E-state index contributed by atoms with van der Waals surface area (Å²) in [5, 5.41) is 6.17. The van der Waals surface area contributed by atoms with Crippen molar-refractivity contribution in [2.24, 2.45) is 0 Å². The molecule has 0 aromatic carbocycles. The van der Waals surface area contributed by atoms with Gasteiger partial charge in [0.15, 0.2) is 11.6 Å². The van der Waals surface area contributed by atoms with Gasteiger partial charge in [0.2, 0.25) is 0 Å². The van der Waals surface area contributed by atoms with E-state index in [1.54, 1.807) is 55.6 Å². The van der Waals surface area contributed by atoms with Crippen molar-refractivity contribution in [1.29, 1.82) is 0 Å². The summed E-state index contributed by atoms with van der Waals surface area (Å²) in [4.78, 5) is 52.6. The van der Waals surface area contributed by atoms with E-state index in [4.69, 9.17) is 0 Å². The quantitative estimate of drug-likeness (QED) is 0.270. The second kappa shape index (κ2) is 8.32. The van der Waals surface area contributed by atoms with Gasteiger partial charge in [0.1, 0.15) is 22.2 Å². The number of carbonyl (C=O) groups excluding carboxylic acids is 4. The standard InChI is InChI=1S/C20H30N4O4.Cu/c1-11(13-15(25)19(3,4)23(7)17(13)27)21-9-10-22-12(2)14-16(26)20(5,6)24(8)18(14)28;/h21-22H,9-10H2,1-8H3;/b13-11-,14-12-;. The average molecular weight is 454 g/mol. The van der Waals surface area contributed by atoms with E-state index in [-0.39, 0.29) is 51.6 Å². The third kappa shape index (κ3) is 3.98. The van der Waals surface area contributed by atoms with Gasteiger partial charge in [-0.3, -0.25) is 19.2 Å². The van der Waals surface area contributed by atoms with Gasteiger partial charge in [-0.1, -0.05) is 0 Å². The third-order valence-electron chi connectivity index (χ3n) is 5.93. The number of likely N-dealkylation sites (tertiary alicyclic amines) is 2. The molecule has 2 amide bonds. The molecule has 8 nitrogen and oxygen atoms in total. The largest absolute Gasteiger partial charge is 0.386 e. The van der Waals surface area contributed by atoms with Gasteiger partial charge < -0.3 is 20.4 Å². The fourth-order valence-corrected chi connectivity index (χ4v) is 3.29. The van der Waals surface area contributed by atoms with Crippen LogP contribution >= 0.6 is 0 Å². The molecular formula is C20H30CuN4O4. The van der Waals surface area contributed by atoms with E-state index in [1.165, 1.54) is 9.80 Å². The van der Waals surface area contributed by atoms with E-state index in [0.29, 0.717) is 24.5 Å². The summed E-state index contributed by atoms with van der Waals surface area (Å²) in [7, 11) is 3.23. The Labute approximate surface area is 182 Å². The number of nitrogens with one attached hydrogen (secondary N) is 2. The molecular weight excluding hydrogens is 424 g/mol. The number of likely N-dealkylation sites (N-methyl/N-ethyl adjacent to an activating group) is 2. The third-order valence-corrected chi connectivity index (χ3v) is 5.93. The number of hydrogen-bond donors (Lipinski definition) is 2. The van der Waals surface area contributed by atoms with Crippen molar-refractivity contribution in [3.05, 3.63) is 22.5 Å². The van der Waals surface area contributed by atoms with Crippen LogP contribution in [0.2, 0.25) is 0 Å². The minimum absolute atomic E-state index is 0. The first-order chi connectivity index (χ1) is 12.8. The van der Waals surface area contributed by atoms with Crippen LogP contribution in [-0.4, -0.2) is 71.4 Å². The molecule has 0 aliphatic carbocycles. The summed E-state index contributed by atoms with van der Waals surface area (Å²) in [6.45, 7) is 11.1. The van der Waals surface area contributed by atoms with Crippen LogP contribution < -0.4 is 10.6 Å². The van der Waals surface area contributed by atoms with E-state index in [0.717, 1.165) is 0 Å². The summed E-state index contributed by atoms with van der Waals surface area (Å²) in [6.07, 6.45) is 0. The number of ketones is 2. The molecule has 0 saturated carbocycles. The smallest absolute Gasteiger partial charge is 0.259 e. The van der Waals surface area contributed by atoms with Crippen molar-refractivity contribution in [2.75, 3.05) is 27.2 Å². The molecule has 1 radical (unpaired) electrons. The maximum Gasteiger partial charge on any atom is 0.259 e. The molecule has 0 bridgehead atoms. The summed E-state index contributed by atoms with van der Waals surface area (Å²) >= 11 is 0. The van der Waals surface area contributed by atoms with Crippen LogP contribution in [0.15, 0.2) is 22.5 Å². The topological polar surface area (TPSA) is 98.8 Å². The van der Waals surface area contributed by atoms with Gasteiger partial charge in [-0.05, 0) is 41.5 Å². The maximum atomic E-state index is 12.5. The van der Waals surface area contributed by atoms with Crippen molar-refractivity contribution >= 4 is 23.4 Å². The Bertz CT molecular complexity index is 758. The molecule has 0 aromatic heterocycles. The molecule has 2 fully saturated rings. The Hall–Kier alpha value is -2.12. The minimum Gasteiger partial charge on any atom is -0.386 e. The molecule has 2 rings (SSSR count). The molecule has 29 heavy (non-hydrogen) atoms. The molecule has 0 spiro atoms. The van der Waals surface area contributed by atoms with E-state index < -0.39 is 11.1 Å². The van der Waals surface area contributed by atoms with Gasteiger partial charge in [0.05, 0.1) is 0 Å². The summed E-state index contributed by atoms with van der Waals surface area (Å²) in [5.74, 6) is -0.996. The number of allylic oxidation sites excluding steroid dienone is 2. The zero-order chi connectivity index (χ0) is 21.6. The number of Topliss-reactive ketones (excluding diaryl/α,β-unsaturated/α-hetero) is 2. The van der Waals surface area contributed by atoms with E-state index in [2.05, 4.69) is 10.6 Å². The molecule has 2 N–H and O–H groups in total. The number of rotatable bonds is 5. The van der Waals surface area contributed by atoms with Crippen molar-refractivity contribution in [1.82, 2.24) is 20.4 Å². The van der Waals surface area contributed by atoms with Gasteiger partial charge in [0.25, 0.3) is 11.8 Å².